The molecule has 0 amide bonds. The van der Waals surface area contributed by atoms with E-state index in [1.165, 1.54) is 6.92 Å². The normalized spacial score (nSPS) is 11.2. The Morgan fingerprint density at radius 1 is 1.09 bits per heavy atom. The van der Waals surface area contributed by atoms with Crippen LogP contribution in [0, 0.1) is 0 Å². The summed E-state index contributed by atoms with van der Waals surface area (Å²) in [6, 6.07) is 14.6. The molecular formula is C18H20O4S. The van der Waals surface area contributed by atoms with Crippen LogP contribution < -0.4 is 4.74 Å². The third-order valence-electron chi connectivity index (χ3n) is 3.52. The average Bonchev–Trinajstić information content (AvgIpc) is 2.54. The molecule has 0 saturated carbocycles. The smallest absolute Gasteiger partial charge is 0.159 e. The molecule has 2 rings (SSSR count). The molecule has 0 fully saturated rings. The van der Waals surface area contributed by atoms with E-state index in [4.69, 9.17) is 4.74 Å². The summed E-state index contributed by atoms with van der Waals surface area (Å²) in [4.78, 5) is 11.5. The number of rotatable bonds is 7. The Kier molecular flexibility index (Phi) is 5.55. The highest BCUT2D eigenvalue weighted by molar-refractivity contribution is 7.90. The number of sulfone groups is 1. The standard InChI is InChI=1S/C18H20O4S/c1-3-23(20,21)13-17-11-16(14(2)19)9-10-18(17)22-12-15-7-5-4-6-8-15/h4-11H,3,12-13H2,1-2H3. The van der Waals surface area contributed by atoms with Crippen molar-refractivity contribution in [3.8, 4) is 5.75 Å². The molecule has 0 aliphatic rings. The Morgan fingerprint density at radius 3 is 2.39 bits per heavy atom. The molecule has 5 heteroatoms. The van der Waals surface area contributed by atoms with Crippen molar-refractivity contribution >= 4 is 15.6 Å². The number of benzene rings is 2. The van der Waals surface area contributed by atoms with Gasteiger partial charge in [-0.05, 0) is 30.7 Å². The first-order chi connectivity index (χ1) is 10.9. The Morgan fingerprint density at radius 2 is 1.78 bits per heavy atom. The van der Waals surface area contributed by atoms with E-state index in [0.29, 0.717) is 23.5 Å². The quantitative estimate of drug-likeness (QED) is 0.729. The highest BCUT2D eigenvalue weighted by atomic mass is 32.2. The predicted molar refractivity (Wildman–Crippen MR) is 90.4 cm³/mol. The van der Waals surface area contributed by atoms with E-state index in [9.17, 15) is 13.2 Å². The number of carbonyl (C=O) groups is 1. The van der Waals surface area contributed by atoms with Crippen molar-refractivity contribution in [2.24, 2.45) is 0 Å². The van der Waals surface area contributed by atoms with Crippen LogP contribution in [0.2, 0.25) is 0 Å². The van der Waals surface area contributed by atoms with E-state index in [1.54, 1.807) is 25.1 Å². The van der Waals surface area contributed by atoms with Crippen LogP contribution in [0.1, 0.15) is 35.3 Å². The number of Topliss-reactive ketones (excluding diaryl/α,β-unsaturated/α-hetero) is 1. The predicted octanol–water partition coefficient (Wildman–Crippen LogP) is 3.40. The fourth-order valence-corrected chi connectivity index (χ4v) is 3.03. The third-order valence-corrected chi connectivity index (χ3v) is 5.15. The third kappa shape index (κ3) is 4.93. The molecule has 23 heavy (non-hydrogen) atoms. The van der Waals surface area contributed by atoms with Crippen LogP contribution in [0.5, 0.6) is 5.75 Å². The first-order valence-corrected chi connectivity index (χ1v) is 9.24. The molecule has 2 aromatic carbocycles. The van der Waals surface area contributed by atoms with Crippen molar-refractivity contribution in [1.82, 2.24) is 0 Å². The lowest BCUT2D eigenvalue weighted by Crippen LogP contribution is -2.09. The van der Waals surface area contributed by atoms with E-state index in [1.807, 2.05) is 30.3 Å². The molecule has 0 N–H and O–H groups in total. The second-order valence-corrected chi connectivity index (χ2v) is 7.68. The first-order valence-electron chi connectivity index (χ1n) is 7.42. The van der Waals surface area contributed by atoms with Gasteiger partial charge in [-0.25, -0.2) is 8.42 Å². The zero-order valence-corrected chi connectivity index (χ0v) is 14.1. The molecule has 0 heterocycles. The Labute approximate surface area is 137 Å². The molecule has 0 aliphatic heterocycles. The first kappa shape index (κ1) is 17.2. The zero-order chi connectivity index (χ0) is 16.9. The van der Waals surface area contributed by atoms with Crippen LogP contribution in [0.4, 0.5) is 0 Å². The second kappa shape index (κ2) is 7.42. The summed E-state index contributed by atoms with van der Waals surface area (Å²) in [5.74, 6) is 0.315. The monoisotopic (exact) mass is 332 g/mol. The minimum Gasteiger partial charge on any atom is -0.489 e. The summed E-state index contributed by atoms with van der Waals surface area (Å²) < 4.78 is 29.6. The van der Waals surface area contributed by atoms with Gasteiger partial charge in [-0.2, -0.15) is 0 Å². The highest BCUT2D eigenvalue weighted by Crippen LogP contribution is 2.24. The van der Waals surface area contributed by atoms with Gasteiger partial charge in [-0.1, -0.05) is 37.3 Å². The minimum absolute atomic E-state index is 0.0510. The largest absolute Gasteiger partial charge is 0.489 e. The van der Waals surface area contributed by atoms with Gasteiger partial charge in [0.1, 0.15) is 12.4 Å². The molecule has 0 spiro atoms. The van der Waals surface area contributed by atoms with Gasteiger partial charge in [0.05, 0.1) is 5.75 Å². The molecule has 0 bridgehead atoms. The second-order valence-electron chi connectivity index (χ2n) is 5.33. The Bertz CT molecular complexity index is 780. The number of hydrogen-bond acceptors (Lipinski definition) is 4. The van der Waals surface area contributed by atoms with Crippen LogP contribution in [-0.2, 0) is 22.2 Å². The van der Waals surface area contributed by atoms with Crippen molar-refractivity contribution in [2.75, 3.05) is 5.75 Å². The van der Waals surface area contributed by atoms with E-state index in [0.717, 1.165) is 5.56 Å². The fourth-order valence-electron chi connectivity index (χ4n) is 2.13. The van der Waals surface area contributed by atoms with Crippen molar-refractivity contribution < 1.29 is 17.9 Å². The van der Waals surface area contributed by atoms with Crippen LogP contribution in [-0.4, -0.2) is 20.0 Å². The number of hydrogen-bond donors (Lipinski definition) is 0. The van der Waals surface area contributed by atoms with E-state index >= 15 is 0 Å². The number of carbonyl (C=O) groups excluding carboxylic acids is 1. The minimum atomic E-state index is -3.21. The lowest BCUT2D eigenvalue weighted by atomic mass is 10.1. The molecule has 2 aromatic rings. The Balaban J connectivity index is 2.28. The molecule has 0 unspecified atom stereocenters. The SMILES string of the molecule is CCS(=O)(=O)Cc1cc(C(C)=O)ccc1OCc1ccccc1. The number of ether oxygens (including phenoxy) is 1. The van der Waals surface area contributed by atoms with Crippen LogP contribution in [0.15, 0.2) is 48.5 Å². The average molecular weight is 332 g/mol. The van der Waals surface area contributed by atoms with Gasteiger partial charge in [-0.3, -0.25) is 4.79 Å². The lowest BCUT2D eigenvalue weighted by Gasteiger charge is -2.13. The Hall–Kier alpha value is -2.14. The van der Waals surface area contributed by atoms with Crippen molar-refractivity contribution in [1.29, 1.82) is 0 Å². The summed E-state index contributed by atoms with van der Waals surface area (Å²) in [7, 11) is -3.21. The molecule has 122 valence electrons. The van der Waals surface area contributed by atoms with E-state index in [-0.39, 0.29) is 17.3 Å². The zero-order valence-electron chi connectivity index (χ0n) is 13.3. The van der Waals surface area contributed by atoms with Crippen LogP contribution >= 0.6 is 0 Å². The van der Waals surface area contributed by atoms with Gasteiger partial charge in [0.2, 0.25) is 0 Å². The molecule has 0 atom stereocenters. The molecule has 4 nitrogen and oxygen atoms in total. The summed E-state index contributed by atoms with van der Waals surface area (Å²) >= 11 is 0. The van der Waals surface area contributed by atoms with E-state index in [2.05, 4.69) is 0 Å². The van der Waals surface area contributed by atoms with Crippen LogP contribution in [0.3, 0.4) is 0 Å². The summed E-state index contributed by atoms with van der Waals surface area (Å²) in [6.07, 6.45) is 0. The van der Waals surface area contributed by atoms with Gasteiger partial charge in [0.15, 0.2) is 15.6 Å². The summed E-state index contributed by atoms with van der Waals surface area (Å²) in [5, 5.41) is 0. The van der Waals surface area contributed by atoms with Crippen molar-refractivity contribution in [3.63, 3.8) is 0 Å². The highest BCUT2D eigenvalue weighted by Gasteiger charge is 2.15. The topological polar surface area (TPSA) is 60.4 Å². The van der Waals surface area contributed by atoms with Gasteiger partial charge in [0.25, 0.3) is 0 Å². The van der Waals surface area contributed by atoms with Crippen molar-refractivity contribution in [2.45, 2.75) is 26.2 Å². The molecule has 0 saturated heterocycles. The summed E-state index contributed by atoms with van der Waals surface area (Å²) in [5.41, 5.74) is 2.00. The maximum atomic E-state index is 11.9. The molecular weight excluding hydrogens is 312 g/mol. The maximum absolute atomic E-state index is 11.9. The summed E-state index contributed by atoms with van der Waals surface area (Å²) in [6.45, 7) is 3.41. The fraction of sp³-hybridized carbons (Fsp3) is 0.278. The van der Waals surface area contributed by atoms with Crippen molar-refractivity contribution in [3.05, 3.63) is 65.2 Å². The maximum Gasteiger partial charge on any atom is 0.159 e. The molecule has 0 aliphatic carbocycles. The van der Waals surface area contributed by atoms with E-state index < -0.39 is 9.84 Å². The van der Waals surface area contributed by atoms with Gasteiger partial charge in [-0.15, -0.1) is 0 Å². The lowest BCUT2D eigenvalue weighted by molar-refractivity contribution is 0.101. The van der Waals surface area contributed by atoms with Crippen LogP contribution in [0.25, 0.3) is 0 Å². The number of ketones is 1. The van der Waals surface area contributed by atoms with Gasteiger partial charge >= 0.3 is 0 Å². The van der Waals surface area contributed by atoms with Gasteiger partial charge in [0, 0.05) is 16.9 Å². The van der Waals surface area contributed by atoms with Gasteiger partial charge < -0.3 is 4.74 Å². The molecule has 0 radical (unpaired) electrons. The molecule has 0 aromatic heterocycles.